The molecule has 0 amide bonds. The smallest absolute Gasteiger partial charge is 0.145 e. The topological polar surface area (TPSA) is 53.1 Å². The van der Waals surface area contributed by atoms with Gasteiger partial charge in [-0.2, -0.15) is 5.10 Å². The fourth-order valence-corrected chi connectivity index (χ4v) is 2.18. The van der Waals surface area contributed by atoms with Crippen molar-refractivity contribution in [2.24, 2.45) is 0 Å². The first-order valence-corrected chi connectivity index (χ1v) is 6.72. The summed E-state index contributed by atoms with van der Waals surface area (Å²) < 4.78 is 7.60. The summed E-state index contributed by atoms with van der Waals surface area (Å²) in [6.07, 6.45) is 2.78. The van der Waals surface area contributed by atoms with Crippen LogP contribution in [0.1, 0.15) is 6.42 Å². The Morgan fingerprint density at radius 1 is 1.05 bits per heavy atom. The number of ether oxygens (including phenoxy) is 1. The molecule has 3 rings (SSSR count). The summed E-state index contributed by atoms with van der Waals surface area (Å²) in [7, 11) is 0. The summed E-state index contributed by atoms with van der Waals surface area (Å²) in [5.41, 5.74) is 5.56. The number of hydrogen-bond acceptors (Lipinski definition) is 3. The van der Waals surface area contributed by atoms with Gasteiger partial charge >= 0.3 is 0 Å². The van der Waals surface area contributed by atoms with Crippen molar-refractivity contribution in [2.45, 2.75) is 13.0 Å². The van der Waals surface area contributed by atoms with Crippen molar-refractivity contribution in [2.75, 3.05) is 12.3 Å². The standard InChI is InChI=1S/C16H17N3O/c17-16-8-10-19(18-16)9-3-11-20-15-7-6-13-4-1-2-5-14(13)12-15/h1-2,4-8,10,12H,3,9,11H2,(H2,17,18). The zero-order chi connectivity index (χ0) is 13.8. The number of nitrogens with two attached hydrogens (primary N) is 1. The minimum Gasteiger partial charge on any atom is -0.494 e. The van der Waals surface area contributed by atoms with Crippen LogP contribution in [0.3, 0.4) is 0 Å². The van der Waals surface area contributed by atoms with E-state index in [0.717, 1.165) is 18.7 Å². The molecule has 0 spiro atoms. The van der Waals surface area contributed by atoms with Gasteiger partial charge in [-0.25, -0.2) is 0 Å². The van der Waals surface area contributed by atoms with Crippen LogP contribution in [0, 0.1) is 0 Å². The van der Waals surface area contributed by atoms with Gasteiger partial charge in [0.25, 0.3) is 0 Å². The molecule has 4 nitrogen and oxygen atoms in total. The van der Waals surface area contributed by atoms with Gasteiger partial charge in [0, 0.05) is 19.2 Å². The molecule has 0 fully saturated rings. The number of hydrogen-bond donors (Lipinski definition) is 1. The Hall–Kier alpha value is -2.49. The van der Waals surface area contributed by atoms with E-state index in [4.69, 9.17) is 10.5 Å². The van der Waals surface area contributed by atoms with E-state index in [-0.39, 0.29) is 0 Å². The Labute approximate surface area is 117 Å². The SMILES string of the molecule is Nc1ccn(CCCOc2ccc3ccccc3c2)n1. The molecule has 2 aromatic carbocycles. The summed E-state index contributed by atoms with van der Waals surface area (Å²) in [5.74, 6) is 1.46. The van der Waals surface area contributed by atoms with Gasteiger partial charge in [0.15, 0.2) is 0 Å². The number of aromatic nitrogens is 2. The van der Waals surface area contributed by atoms with Gasteiger partial charge < -0.3 is 10.5 Å². The number of nitrogens with zero attached hydrogens (tertiary/aromatic N) is 2. The van der Waals surface area contributed by atoms with E-state index >= 15 is 0 Å². The normalized spacial score (nSPS) is 10.8. The highest BCUT2D eigenvalue weighted by Gasteiger charge is 1.98. The Bertz CT molecular complexity index is 706. The van der Waals surface area contributed by atoms with Crippen molar-refractivity contribution < 1.29 is 4.74 Å². The molecule has 0 atom stereocenters. The molecule has 1 aromatic heterocycles. The van der Waals surface area contributed by atoms with Crippen molar-refractivity contribution in [1.82, 2.24) is 9.78 Å². The highest BCUT2D eigenvalue weighted by atomic mass is 16.5. The van der Waals surface area contributed by atoms with Crippen LogP contribution in [0.4, 0.5) is 5.82 Å². The van der Waals surface area contributed by atoms with E-state index in [0.29, 0.717) is 12.4 Å². The van der Waals surface area contributed by atoms with Crippen molar-refractivity contribution in [3.63, 3.8) is 0 Å². The van der Waals surface area contributed by atoms with E-state index in [2.05, 4.69) is 29.4 Å². The number of rotatable bonds is 5. The number of benzene rings is 2. The lowest BCUT2D eigenvalue weighted by atomic mass is 10.1. The van der Waals surface area contributed by atoms with Gasteiger partial charge in [-0.15, -0.1) is 0 Å². The first-order chi connectivity index (χ1) is 9.81. The molecule has 1 heterocycles. The summed E-state index contributed by atoms with van der Waals surface area (Å²) in [4.78, 5) is 0. The van der Waals surface area contributed by atoms with Crippen LogP contribution in [0.25, 0.3) is 10.8 Å². The molecule has 3 aromatic rings. The monoisotopic (exact) mass is 267 g/mol. The molecule has 0 saturated heterocycles. The third-order valence-corrected chi connectivity index (χ3v) is 3.18. The number of nitrogen functional groups attached to an aromatic ring is 1. The van der Waals surface area contributed by atoms with Crippen molar-refractivity contribution in [1.29, 1.82) is 0 Å². The van der Waals surface area contributed by atoms with Gasteiger partial charge in [-0.1, -0.05) is 30.3 Å². The predicted molar refractivity (Wildman–Crippen MR) is 80.7 cm³/mol. The zero-order valence-electron chi connectivity index (χ0n) is 11.2. The Morgan fingerprint density at radius 2 is 1.90 bits per heavy atom. The van der Waals surface area contributed by atoms with Gasteiger partial charge in [-0.05, 0) is 29.0 Å². The van der Waals surface area contributed by atoms with Gasteiger partial charge in [0.05, 0.1) is 6.61 Å². The Kier molecular flexibility index (Phi) is 3.54. The van der Waals surface area contributed by atoms with Crippen LogP contribution in [-0.2, 0) is 6.54 Å². The number of anilines is 1. The van der Waals surface area contributed by atoms with Crippen LogP contribution in [0.2, 0.25) is 0 Å². The van der Waals surface area contributed by atoms with E-state index in [1.54, 1.807) is 6.07 Å². The van der Waals surface area contributed by atoms with Gasteiger partial charge in [-0.3, -0.25) is 4.68 Å². The van der Waals surface area contributed by atoms with E-state index in [1.165, 1.54) is 10.8 Å². The molecule has 20 heavy (non-hydrogen) atoms. The lowest BCUT2D eigenvalue weighted by Crippen LogP contribution is -2.05. The van der Waals surface area contributed by atoms with Crippen LogP contribution in [-0.4, -0.2) is 16.4 Å². The minimum absolute atomic E-state index is 0.556. The average Bonchev–Trinajstić information content (AvgIpc) is 2.89. The Balaban J connectivity index is 1.54. The largest absolute Gasteiger partial charge is 0.494 e. The fraction of sp³-hybridized carbons (Fsp3) is 0.188. The van der Waals surface area contributed by atoms with E-state index in [1.807, 2.05) is 29.1 Å². The summed E-state index contributed by atoms with van der Waals surface area (Å²) in [6.45, 7) is 1.48. The molecule has 4 heteroatoms. The highest BCUT2D eigenvalue weighted by Crippen LogP contribution is 2.20. The average molecular weight is 267 g/mol. The number of aryl methyl sites for hydroxylation is 1. The maximum atomic E-state index is 5.77. The van der Waals surface area contributed by atoms with Crippen molar-refractivity contribution in [3.05, 3.63) is 54.7 Å². The van der Waals surface area contributed by atoms with E-state index < -0.39 is 0 Å². The second kappa shape index (κ2) is 5.65. The lowest BCUT2D eigenvalue weighted by Gasteiger charge is -2.07. The molecule has 0 aliphatic carbocycles. The summed E-state index contributed by atoms with van der Waals surface area (Å²) in [6, 6.07) is 16.2. The second-order valence-corrected chi connectivity index (χ2v) is 4.71. The van der Waals surface area contributed by atoms with E-state index in [9.17, 15) is 0 Å². The quantitative estimate of drug-likeness (QED) is 0.723. The van der Waals surface area contributed by atoms with Crippen LogP contribution in [0.5, 0.6) is 5.75 Å². The fourth-order valence-electron chi connectivity index (χ4n) is 2.18. The number of fused-ring (bicyclic) bond motifs is 1. The lowest BCUT2D eigenvalue weighted by molar-refractivity contribution is 0.299. The summed E-state index contributed by atoms with van der Waals surface area (Å²) in [5, 5.41) is 6.56. The van der Waals surface area contributed by atoms with Crippen molar-refractivity contribution in [3.8, 4) is 5.75 Å². The first kappa shape index (κ1) is 12.5. The van der Waals surface area contributed by atoms with Gasteiger partial charge in [0.2, 0.25) is 0 Å². The predicted octanol–water partition coefficient (Wildman–Crippen LogP) is 3.09. The van der Waals surface area contributed by atoms with Crippen LogP contribution in [0.15, 0.2) is 54.7 Å². The molecule has 0 unspecified atom stereocenters. The third kappa shape index (κ3) is 2.91. The molecule has 0 radical (unpaired) electrons. The molecule has 102 valence electrons. The molecule has 0 saturated carbocycles. The Morgan fingerprint density at radius 3 is 2.70 bits per heavy atom. The van der Waals surface area contributed by atoms with Gasteiger partial charge in [0.1, 0.15) is 11.6 Å². The maximum absolute atomic E-state index is 5.77. The molecule has 0 aliphatic rings. The second-order valence-electron chi connectivity index (χ2n) is 4.71. The molecule has 0 bridgehead atoms. The maximum Gasteiger partial charge on any atom is 0.145 e. The zero-order valence-corrected chi connectivity index (χ0v) is 11.2. The van der Waals surface area contributed by atoms with Crippen molar-refractivity contribution >= 4 is 16.6 Å². The molecular weight excluding hydrogens is 250 g/mol. The van der Waals surface area contributed by atoms with Crippen LogP contribution < -0.4 is 10.5 Å². The summed E-state index contributed by atoms with van der Waals surface area (Å²) >= 11 is 0. The third-order valence-electron chi connectivity index (χ3n) is 3.18. The molecule has 2 N–H and O–H groups in total. The minimum atomic E-state index is 0.556. The molecule has 0 aliphatic heterocycles. The first-order valence-electron chi connectivity index (χ1n) is 6.72. The molecular formula is C16H17N3O. The highest BCUT2D eigenvalue weighted by molar-refractivity contribution is 5.83. The van der Waals surface area contributed by atoms with Crippen LogP contribution >= 0.6 is 0 Å².